The summed E-state index contributed by atoms with van der Waals surface area (Å²) in [5.74, 6) is -0.698. The van der Waals surface area contributed by atoms with Gasteiger partial charge in [0.15, 0.2) is 0 Å². The lowest BCUT2D eigenvalue weighted by molar-refractivity contribution is -0.143. The van der Waals surface area contributed by atoms with E-state index in [1.54, 1.807) is 0 Å². The van der Waals surface area contributed by atoms with Gasteiger partial charge in [-0.1, -0.05) is 36.8 Å². The van der Waals surface area contributed by atoms with Crippen LogP contribution in [0.15, 0.2) is 30.3 Å². The molecule has 1 heterocycles. The van der Waals surface area contributed by atoms with E-state index in [0.29, 0.717) is 6.42 Å². The topological polar surface area (TPSA) is 40.5 Å². The van der Waals surface area contributed by atoms with Gasteiger partial charge in [-0.25, -0.2) is 0 Å². The van der Waals surface area contributed by atoms with Crippen LogP contribution in [0.25, 0.3) is 0 Å². The van der Waals surface area contributed by atoms with Crippen LogP contribution < -0.4 is 0 Å². The second-order valence-corrected chi connectivity index (χ2v) is 4.64. The highest BCUT2D eigenvalue weighted by Crippen LogP contribution is 2.16. The third kappa shape index (κ3) is 3.30. The van der Waals surface area contributed by atoms with Crippen molar-refractivity contribution >= 4 is 5.97 Å². The molecule has 2 rings (SSSR count). The SMILES string of the molecule is O=C(O)C(Cc1ccccc1)N1CCCCC1. The number of likely N-dealkylation sites (tertiary alicyclic amines) is 1. The first-order valence-electron chi connectivity index (χ1n) is 6.28. The molecule has 1 N–H and O–H groups in total. The van der Waals surface area contributed by atoms with Crippen LogP contribution in [0.1, 0.15) is 24.8 Å². The summed E-state index contributed by atoms with van der Waals surface area (Å²) in [6.45, 7) is 1.84. The van der Waals surface area contributed by atoms with Crippen LogP contribution in [0, 0.1) is 0 Å². The van der Waals surface area contributed by atoms with Gasteiger partial charge in [-0.15, -0.1) is 0 Å². The Labute approximate surface area is 102 Å². The molecule has 1 aliphatic heterocycles. The van der Waals surface area contributed by atoms with Crippen LogP contribution in [0.4, 0.5) is 0 Å². The monoisotopic (exact) mass is 233 g/mol. The number of aliphatic carboxylic acids is 1. The van der Waals surface area contributed by atoms with Crippen molar-refractivity contribution < 1.29 is 9.90 Å². The predicted octanol–water partition coefficient (Wildman–Crippen LogP) is 2.17. The summed E-state index contributed by atoms with van der Waals surface area (Å²) in [5.41, 5.74) is 1.10. The van der Waals surface area contributed by atoms with E-state index in [-0.39, 0.29) is 6.04 Å². The van der Waals surface area contributed by atoms with Gasteiger partial charge in [0.2, 0.25) is 0 Å². The fourth-order valence-electron chi connectivity index (χ4n) is 2.44. The first kappa shape index (κ1) is 12.1. The molecule has 3 nitrogen and oxygen atoms in total. The summed E-state index contributed by atoms with van der Waals surface area (Å²) in [6, 6.07) is 9.52. The zero-order valence-corrected chi connectivity index (χ0v) is 10.0. The normalized spacial score (nSPS) is 18.8. The summed E-state index contributed by atoms with van der Waals surface area (Å²) >= 11 is 0. The van der Waals surface area contributed by atoms with Gasteiger partial charge < -0.3 is 5.11 Å². The molecule has 1 atom stereocenters. The highest BCUT2D eigenvalue weighted by molar-refractivity contribution is 5.74. The molecule has 1 aliphatic rings. The highest BCUT2D eigenvalue weighted by atomic mass is 16.4. The van der Waals surface area contributed by atoms with Gasteiger partial charge in [0.25, 0.3) is 0 Å². The Morgan fingerprint density at radius 3 is 2.41 bits per heavy atom. The summed E-state index contributed by atoms with van der Waals surface area (Å²) in [5, 5.41) is 9.35. The summed E-state index contributed by atoms with van der Waals surface area (Å²) in [4.78, 5) is 13.5. The van der Waals surface area contributed by atoms with E-state index < -0.39 is 5.97 Å². The maximum Gasteiger partial charge on any atom is 0.321 e. The van der Waals surface area contributed by atoms with Gasteiger partial charge in [0.05, 0.1) is 0 Å². The molecule has 1 saturated heterocycles. The Bertz CT molecular complexity index is 358. The van der Waals surface area contributed by atoms with Gasteiger partial charge in [0.1, 0.15) is 6.04 Å². The molecule has 1 aromatic carbocycles. The summed E-state index contributed by atoms with van der Waals surface area (Å²) in [7, 11) is 0. The number of rotatable bonds is 4. The zero-order chi connectivity index (χ0) is 12.1. The average molecular weight is 233 g/mol. The Morgan fingerprint density at radius 1 is 1.18 bits per heavy atom. The average Bonchev–Trinajstić information content (AvgIpc) is 2.38. The second-order valence-electron chi connectivity index (χ2n) is 4.64. The molecular formula is C14H19NO2. The quantitative estimate of drug-likeness (QED) is 0.866. The lowest BCUT2D eigenvalue weighted by atomic mass is 10.0. The highest BCUT2D eigenvalue weighted by Gasteiger charge is 2.26. The van der Waals surface area contributed by atoms with Crippen LogP contribution >= 0.6 is 0 Å². The molecule has 0 saturated carbocycles. The minimum Gasteiger partial charge on any atom is -0.480 e. The third-order valence-corrected chi connectivity index (χ3v) is 3.39. The van der Waals surface area contributed by atoms with Gasteiger partial charge >= 0.3 is 5.97 Å². The van der Waals surface area contributed by atoms with Crippen LogP contribution in [-0.2, 0) is 11.2 Å². The molecule has 1 unspecified atom stereocenters. The van der Waals surface area contributed by atoms with Gasteiger partial charge in [0, 0.05) is 0 Å². The van der Waals surface area contributed by atoms with Gasteiger partial charge in [-0.05, 0) is 37.9 Å². The van der Waals surface area contributed by atoms with Crippen molar-refractivity contribution in [2.75, 3.05) is 13.1 Å². The molecule has 0 amide bonds. The lowest BCUT2D eigenvalue weighted by Crippen LogP contribution is -2.45. The summed E-state index contributed by atoms with van der Waals surface area (Å²) < 4.78 is 0. The molecule has 92 valence electrons. The smallest absolute Gasteiger partial charge is 0.321 e. The zero-order valence-electron chi connectivity index (χ0n) is 10.0. The Balaban J connectivity index is 2.04. The first-order valence-corrected chi connectivity index (χ1v) is 6.28. The van der Waals surface area contributed by atoms with E-state index in [2.05, 4.69) is 4.90 Å². The molecule has 1 aromatic rings. The first-order chi connectivity index (χ1) is 8.27. The maximum atomic E-state index is 11.4. The predicted molar refractivity (Wildman–Crippen MR) is 67.0 cm³/mol. The minimum absolute atomic E-state index is 0.363. The third-order valence-electron chi connectivity index (χ3n) is 3.39. The minimum atomic E-state index is -0.698. The molecule has 0 aromatic heterocycles. The fourth-order valence-corrected chi connectivity index (χ4v) is 2.44. The number of carboxylic acids is 1. The Hall–Kier alpha value is -1.35. The molecular weight excluding hydrogens is 214 g/mol. The number of nitrogens with zero attached hydrogens (tertiary/aromatic N) is 1. The Kier molecular flexibility index (Phi) is 4.15. The van der Waals surface area contributed by atoms with Crippen molar-refractivity contribution in [2.45, 2.75) is 31.7 Å². The van der Waals surface area contributed by atoms with E-state index in [1.165, 1.54) is 6.42 Å². The molecule has 0 radical (unpaired) electrons. The number of carbonyl (C=O) groups is 1. The summed E-state index contributed by atoms with van der Waals surface area (Å²) in [6.07, 6.45) is 4.08. The number of hydrogen-bond donors (Lipinski definition) is 1. The van der Waals surface area contributed by atoms with Gasteiger partial charge in [-0.3, -0.25) is 9.69 Å². The maximum absolute atomic E-state index is 11.4. The van der Waals surface area contributed by atoms with Crippen LogP contribution in [0.2, 0.25) is 0 Å². The van der Waals surface area contributed by atoms with Crippen LogP contribution in [0.5, 0.6) is 0 Å². The van der Waals surface area contributed by atoms with Crippen LogP contribution in [0.3, 0.4) is 0 Å². The molecule has 0 spiro atoms. The second kappa shape index (κ2) is 5.82. The van der Waals surface area contributed by atoms with E-state index in [9.17, 15) is 9.90 Å². The van der Waals surface area contributed by atoms with Crippen molar-refractivity contribution in [3.8, 4) is 0 Å². The van der Waals surface area contributed by atoms with E-state index in [0.717, 1.165) is 31.5 Å². The van der Waals surface area contributed by atoms with E-state index >= 15 is 0 Å². The molecule has 1 fully saturated rings. The van der Waals surface area contributed by atoms with Crippen molar-refractivity contribution in [3.63, 3.8) is 0 Å². The van der Waals surface area contributed by atoms with E-state index in [4.69, 9.17) is 0 Å². The standard InChI is InChI=1S/C14H19NO2/c16-14(17)13(15-9-5-2-6-10-15)11-12-7-3-1-4-8-12/h1,3-4,7-8,13H,2,5-6,9-11H2,(H,16,17). The number of carboxylic acid groups (broad SMARTS) is 1. The molecule has 17 heavy (non-hydrogen) atoms. The lowest BCUT2D eigenvalue weighted by Gasteiger charge is -2.32. The van der Waals surface area contributed by atoms with Crippen molar-refractivity contribution in [2.24, 2.45) is 0 Å². The van der Waals surface area contributed by atoms with Crippen molar-refractivity contribution in [3.05, 3.63) is 35.9 Å². The number of piperidine rings is 1. The molecule has 0 bridgehead atoms. The number of benzene rings is 1. The fraction of sp³-hybridized carbons (Fsp3) is 0.500. The van der Waals surface area contributed by atoms with E-state index in [1.807, 2.05) is 30.3 Å². The number of hydrogen-bond acceptors (Lipinski definition) is 2. The van der Waals surface area contributed by atoms with Crippen LogP contribution in [-0.4, -0.2) is 35.1 Å². The van der Waals surface area contributed by atoms with Gasteiger partial charge in [-0.2, -0.15) is 0 Å². The molecule has 0 aliphatic carbocycles. The van der Waals surface area contributed by atoms with Crippen molar-refractivity contribution in [1.82, 2.24) is 4.90 Å². The largest absolute Gasteiger partial charge is 0.480 e. The molecule has 3 heteroatoms. The van der Waals surface area contributed by atoms with Crippen molar-refractivity contribution in [1.29, 1.82) is 0 Å². The Morgan fingerprint density at radius 2 is 1.82 bits per heavy atom.